The van der Waals surface area contributed by atoms with E-state index in [-0.39, 0.29) is 12.5 Å². The first kappa shape index (κ1) is 13.0. The van der Waals surface area contributed by atoms with Gasteiger partial charge in [0, 0.05) is 19.8 Å². The van der Waals surface area contributed by atoms with E-state index >= 15 is 0 Å². The molecule has 0 bridgehead atoms. The van der Waals surface area contributed by atoms with Gasteiger partial charge < -0.3 is 14.6 Å². The van der Waals surface area contributed by atoms with E-state index in [1.165, 1.54) is 9.47 Å². The molecule has 1 amide bonds. The summed E-state index contributed by atoms with van der Waals surface area (Å²) in [7, 11) is 1.66. The van der Waals surface area contributed by atoms with Crippen LogP contribution in [0, 0.1) is 0 Å². The van der Waals surface area contributed by atoms with Gasteiger partial charge in [-0.25, -0.2) is 0 Å². The van der Waals surface area contributed by atoms with Crippen molar-refractivity contribution >= 4 is 11.9 Å². The van der Waals surface area contributed by atoms with E-state index in [0.29, 0.717) is 12.2 Å². The van der Waals surface area contributed by atoms with Gasteiger partial charge in [-0.05, 0) is 19.1 Å². The van der Waals surface area contributed by atoms with E-state index in [2.05, 4.69) is 6.58 Å². The molecule has 0 aromatic carbocycles. The molecule has 5 heteroatoms. The molecule has 1 rings (SSSR count). The van der Waals surface area contributed by atoms with Gasteiger partial charge in [-0.3, -0.25) is 9.59 Å². The molecule has 1 heterocycles. The summed E-state index contributed by atoms with van der Waals surface area (Å²) in [5.41, 5.74) is 1.24. The lowest BCUT2D eigenvalue weighted by Crippen LogP contribution is -2.30. The van der Waals surface area contributed by atoms with Gasteiger partial charge in [0.05, 0.1) is 0 Å². The largest absolute Gasteiger partial charge is 0.480 e. The monoisotopic (exact) mass is 236 g/mol. The molecule has 92 valence electrons. The van der Waals surface area contributed by atoms with Crippen molar-refractivity contribution in [1.82, 2.24) is 9.47 Å². The zero-order valence-electron chi connectivity index (χ0n) is 10.0. The smallest absolute Gasteiger partial charge is 0.323 e. The van der Waals surface area contributed by atoms with Crippen LogP contribution in [0.4, 0.5) is 0 Å². The Morgan fingerprint density at radius 1 is 1.53 bits per heavy atom. The van der Waals surface area contributed by atoms with Crippen LogP contribution < -0.4 is 0 Å². The summed E-state index contributed by atoms with van der Waals surface area (Å²) in [6.07, 6.45) is 1.58. The Labute approximate surface area is 100.0 Å². The summed E-state index contributed by atoms with van der Waals surface area (Å²) in [4.78, 5) is 24.2. The van der Waals surface area contributed by atoms with Gasteiger partial charge in [0.25, 0.3) is 5.91 Å². The zero-order chi connectivity index (χ0) is 13.0. The quantitative estimate of drug-likeness (QED) is 0.782. The number of hydrogen-bond donors (Lipinski definition) is 1. The summed E-state index contributed by atoms with van der Waals surface area (Å²) < 4.78 is 1.42. The van der Waals surface area contributed by atoms with E-state index in [4.69, 9.17) is 5.11 Å². The minimum Gasteiger partial charge on any atom is -0.480 e. The molecule has 0 saturated heterocycles. The third-order valence-corrected chi connectivity index (χ3v) is 2.21. The Morgan fingerprint density at radius 2 is 2.18 bits per heavy atom. The fraction of sp³-hybridized carbons (Fsp3) is 0.333. The van der Waals surface area contributed by atoms with Gasteiger partial charge in [0.2, 0.25) is 0 Å². The molecule has 0 spiro atoms. The first-order valence-electron chi connectivity index (χ1n) is 5.18. The van der Waals surface area contributed by atoms with Crippen molar-refractivity contribution in [1.29, 1.82) is 0 Å². The molecule has 17 heavy (non-hydrogen) atoms. The number of nitrogens with zero attached hydrogens (tertiary/aromatic N) is 2. The highest BCUT2D eigenvalue weighted by Gasteiger charge is 2.16. The van der Waals surface area contributed by atoms with Gasteiger partial charge in [-0.15, -0.1) is 0 Å². The van der Waals surface area contributed by atoms with Gasteiger partial charge in [-0.2, -0.15) is 0 Å². The van der Waals surface area contributed by atoms with Crippen molar-refractivity contribution in [2.24, 2.45) is 0 Å². The fourth-order valence-electron chi connectivity index (χ4n) is 1.56. The van der Waals surface area contributed by atoms with Crippen molar-refractivity contribution in [3.05, 3.63) is 36.2 Å². The number of carbonyl (C=O) groups excluding carboxylic acids is 1. The van der Waals surface area contributed by atoms with Gasteiger partial charge >= 0.3 is 5.97 Å². The van der Waals surface area contributed by atoms with E-state index in [1.807, 2.05) is 6.92 Å². The van der Waals surface area contributed by atoms with Crippen LogP contribution >= 0.6 is 0 Å². The third kappa shape index (κ3) is 3.48. The second-order valence-corrected chi connectivity index (χ2v) is 4.03. The SMILES string of the molecule is C=C(C)CN(C)C(=O)c1cccn1CC(=O)O. The second kappa shape index (κ2) is 5.34. The molecule has 0 aliphatic rings. The van der Waals surface area contributed by atoms with E-state index in [1.54, 1.807) is 25.4 Å². The summed E-state index contributed by atoms with van der Waals surface area (Å²) in [6, 6.07) is 3.27. The van der Waals surface area contributed by atoms with Crippen molar-refractivity contribution < 1.29 is 14.7 Å². The maximum atomic E-state index is 12.0. The van der Waals surface area contributed by atoms with Crippen LogP contribution in [0.3, 0.4) is 0 Å². The van der Waals surface area contributed by atoms with E-state index in [0.717, 1.165) is 5.57 Å². The maximum absolute atomic E-state index is 12.0. The predicted molar refractivity (Wildman–Crippen MR) is 63.8 cm³/mol. The summed E-state index contributed by atoms with van der Waals surface area (Å²) >= 11 is 0. The van der Waals surface area contributed by atoms with Crippen LogP contribution in [-0.2, 0) is 11.3 Å². The Bertz CT molecular complexity index is 448. The number of likely N-dealkylation sites (N-methyl/N-ethyl adjacent to an activating group) is 1. The molecule has 0 unspecified atom stereocenters. The first-order chi connectivity index (χ1) is 7.91. The van der Waals surface area contributed by atoms with Crippen LogP contribution in [0.15, 0.2) is 30.5 Å². The lowest BCUT2D eigenvalue weighted by Gasteiger charge is -2.17. The van der Waals surface area contributed by atoms with Crippen molar-refractivity contribution in [3.8, 4) is 0 Å². The molecule has 0 aliphatic heterocycles. The van der Waals surface area contributed by atoms with Gasteiger partial charge in [0.15, 0.2) is 0 Å². The molecule has 0 saturated carbocycles. The number of rotatable bonds is 5. The molecule has 0 radical (unpaired) electrons. The van der Waals surface area contributed by atoms with Gasteiger partial charge in [0.1, 0.15) is 12.2 Å². The molecule has 0 aliphatic carbocycles. The number of carbonyl (C=O) groups is 2. The highest BCUT2D eigenvalue weighted by molar-refractivity contribution is 5.93. The highest BCUT2D eigenvalue weighted by Crippen LogP contribution is 2.07. The number of aliphatic carboxylic acids is 1. The molecule has 5 nitrogen and oxygen atoms in total. The van der Waals surface area contributed by atoms with Crippen LogP contribution in [-0.4, -0.2) is 40.0 Å². The molecule has 0 fully saturated rings. The van der Waals surface area contributed by atoms with Crippen LogP contribution in [0.2, 0.25) is 0 Å². The summed E-state index contributed by atoms with van der Waals surface area (Å²) in [5, 5.41) is 8.72. The average molecular weight is 236 g/mol. The van der Waals surface area contributed by atoms with Crippen LogP contribution in [0.5, 0.6) is 0 Å². The Hall–Kier alpha value is -2.04. The predicted octanol–water partition coefficient (Wildman–Crippen LogP) is 1.22. The van der Waals surface area contributed by atoms with Gasteiger partial charge in [-0.1, -0.05) is 12.2 Å². The summed E-state index contributed by atoms with van der Waals surface area (Å²) in [5.74, 6) is -1.18. The first-order valence-corrected chi connectivity index (χ1v) is 5.18. The standard InChI is InChI=1S/C12H16N2O3/c1-9(2)7-13(3)12(17)10-5-4-6-14(10)8-11(15)16/h4-6H,1,7-8H2,2-3H3,(H,15,16). The lowest BCUT2D eigenvalue weighted by atomic mass is 10.3. The Kier molecular flexibility index (Phi) is 4.09. The number of carboxylic acids is 1. The summed E-state index contributed by atoms with van der Waals surface area (Å²) in [6.45, 7) is 5.81. The topological polar surface area (TPSA) is 62.5 Å². The second-order valence-electron chi connectivity index (χ2n) is 4.03. The van der Waals surface area contributed by atoms with E-state index < -0.39 is 5.97 Å². The van der Waals surface area contributed by atoms with Crippen LogP contribution in [0.25, 0.3) is 0 Å². The molecule has 1 N–H and O–H groups in total. The Balaban J connectivity index is 2.85. The van der Waals surface area contributed by atoms with Crippen molar-refractivity contribution in [2.45, 2.75) is 13.5 Å². The minimum absolute atomic E-state index is 0.209. The average Bonchev–Trinajstić information content (AvgIpc) is 2.62. The molecular formula is C12H16N2O3. The van der Waals surface area contributed by atoms with Crippen LogP contribution in [0.1, 0.15) is 17.4 Å². The molecule has 1 aromatic heterocycles. The van der Waals surface area contributed by atoms with Crippen molar-refractivity contribution in [3.63, 3.8) is 0 Å². The lowest BCUT2D eigenvalue weighted by molar-refractivity contribution is -0.137. The zero-order valence-corrected chi connectivity index (χ0v) is 10.0. The minimum atomic E-state index is -0.974. The molecule has 1 aromatic rings. The maximum Gasteiger partial charge on any atom is 0.323 e. The Morgan fingerprint density at radius 3 is 2.71 bits per heavy atom. The fourth-order valence-corrected chi connectivity index (χ4v) is 1.56. The molecular weight excluding hydrogens is 220 g/mol. The van der Waals surface area contributed by atoms with Crippen molar-refractivity contribution in [2.75, 3.05) is 13.6 Å². The number of amides is 1. The third-order valence-electron chi connectivity index (χ3n) is 2.21. The number of aromatic nitrogens is 1. The highest BCUT2D eigenvalue weighted by atomic mass is 16.4. The number of hydrogen-bond acceptors (Lipinski definition) is 2. The van der Waals surface area contributed by atoms with E-state index in [9.17, 15) is 9.59 Å². The number of carboxylic acid groups (broad SMARTS) is 1. The molecule has 0 atom stereocenters. The normalized spacial score (nSPS) is 10.0.